The molecule has 0 saturated carbocycles. The van der Waals surface area contributed by atoms with Crippen LogP contribution in [0, 0.1) is 12.8 Å². The molecule has 3 rings (SSSR count). The Bertz CT molecular complexity index is 739. The Labute approximate surface area is 145 Å². The van der Waals surface area contributed by atoms with E-state index in [1.165, 1.54) is 0 Å². The van der Waals surface area contributed by atoms with Gasteiger partial charge in [-0.05, 0) is 50.8 Å². The van der Waals surface area contributed by atoms with Gasteiger partial charge in [0.15, 0.2) is 0 Å². The first kappa shape index (κ1) is 16.4. The van der Waals surface area contributed by atoms with Crippen LogP contribution in [0.25, 0.3) is 10.9 Å². The summed E-state index contributed by atoms with van der Waals surface area (Å²) in [4.78, 5) is 19.6. The van der Waals surface area contributed by atoms with Crippen LogP contribution in [-0.4, -0.2) is 34.9 Å². The lowest BCUT2D eigenvalue weighted by molar-refractivity contribution is 0.0663. The van der Waals surface area contributed by atoms with Gasteiger partial charge in [-0.1, -0.05) is 22.0 Å². The van der Waals surface area contributed by atoms with E-state index in [0.717, 1.165) is 52.6 Å². The zero-order valence-corrected chi connectivity index (χ0v) is 15.1. The predicted molar refractivity (Wildman–Crippen MR) is 96.5 cm³/mol. The molecule has 4 nitrogen and oxygen atoms in total. The van der Waals surface area contributed by atoms with Gasteiger partial charge in [-0.15, -0.1) is 0 Å². The number of amides is 1. The molecule has 23 heavy (non-hydrogen) atoms. The molecule has 1 fully saturated rings. The minimum absolute atomic E-state index is 0.0909. The summed E-state index contributed by atoms with van der Waals surface area (Å²) in [6.07, 6.45) is 2.12. The summed E-state index contributed by atoms with van der Waals surface area (Å²) in [5, 5.41) is 0.909. The first-order chi connectivity index (χ1) is 11.0. The summed E-state index contributed by atoms with van der Waals surface area (Å²) < 4.78 is 0.969. The minimum Gasteiger partial charge on any atom is -0.338 e. The van der Waals surface area contributed by atoms with Crippen molar-refractivity contribution < 1.29 is 4.79 Å². The Balaban J connectivity index is 1.97. The number of nitrogens with two attached hydrogens (primary N) is 1. The van der Waals surface area contributed by atoms with Crippen LogP contribution >= 0.6 is 15.9 Å². The van der Waals surface area contributed by atoms with Crippen LogP contribution in [0.4, 0.5) is 0 Å². The topological polar surface area (TPSA) is 59.2 Å². The first-order valence-electron chi connectivity index (χ1n) is 8.07. The summed E-state index contributed by atoms with van der Waals surface area (Å²) in [6, 6.07) is 7.90. The average molecular weight is 376 g/mol. The highest BCUT2D eigenvalue weighted by molar-refractivity contribution is 9.10. The zero-order valence-electron chi connectivity index (χ0n) is 13.6. The van der Waals surface area contributed by atoms with Crippen LogP contribution in [-0.2, 0) is 0 Å². The van der Waals surface area contributed by atoms with E-state index >= 15 is 0 Å². The second-order valence-corrected chi connectivity index (χ2v) is 7.40. The lowest BCUT2D eigenvalue weighted by atomic mass is 9.91. The molecule has 2 heterocycles. The highest BCUT2D eigenvalue weighted by Crippen LogP contribution is 2.26. The number of fused-ring (bicyclic) bond motifs is 1. The molecule has 0 radical (unpaired) electrons. The number of carbonyl (C=O) groups excluding carboxylic acids is 1. The van der Waals surface area contributed by atoms with E-state index in [4.69, 9.17) is 5.73 Å². The van der Waals surface area contributed by atoms with Crippen molar-refractivity contribution in [2.45, 2.75) is 32.7 Å². The Kier molecular flexibility index (Phi) is 4.69. The molecule has 1 aliphatic rings. The van der Waals surface area contributed by atoms with E-state index in [1.54, 1.807) is 0 Å². The van der Waals surface area contributed by atoms with Gasteiger partial charge < -0.3 is 10.6 Å². The van der Waals surface area contributed by atoms with Crippen LogP contribution in [0.1, 0.15) is 35.8 Å². The minimum atomic E-state index is 0.0909. The summed E-state index contributed by atoms with van der Waals surface area (Å²) in [5.74, 6) is 0.476. The molecule has 5 heteroatoms. The van der Waals surface area contributed by atoms with Gasteiger partial charge in [0.25, 0.3) is 5.91 Å². The monoisotopic (exact) mass is 375 g/mol. The largest absolute Gasteiger partial charge is 0.338 e. The second kappa shape index (κ2) is 6.57. The fraction of sp³-hybridized carbons (Fsp3) is 0.444. The lowest BCUT2D eigenvalue weighted by Crippen LogP contribution is -2.45. The number of aryl methyl sites for hydroxylation is 1. The third kappa shape index (κ3) is 3.40. The number of piperidine rings is 1. The molecule has 1 saturated heterocycles. The maximum atomic E-state index is 13.1. The van der Waals surface area contributed by atoms with E-state index in [1.807, 2.05) is 43.0 Å². The Morgan fingerprint density at radius 1 is 1.43 bits per heavy atom. The number of benzene rings is 1. The Hall–Kier alpha value is -1.46. The normalized spacial score (nSPS) is 19.8. The number of hydrogen-bond donors (Lipinski definition) is 1. The fourth-order valence-electron chi connectivity index (χ4n) is 3.30. The van der Waals surface area contributed by atoms with Crippen molar-refractivity contribution in [1.82, 2.24) is 9.88 Å². The summed E-state index contributed by atoms with van der Waals surface area (Å²) in [7, 11) is 0. The number of nitrogens with zero attached hydrogens (tertiary/aromatic N) is 2. The van der Waals surface area contributed by atoms with Crippen molar-refractivity contribution >= 4 is 32.7 Å². The summed E-state index contributed by atoms with van der Waals surface area (Å²) in [6.45, 7) is 5.51. The quantitative estimate of drug-likeness (QED) is 0.873. The second-order valence-electron chi connectivity index (χ2n) is 6.49. The average Bonchev–Trinajstić information content (AvgIpc) is 2.53. The van der Waals surface area contributed by atoms with Crippen molar-refractivity contribution in [3.63, 3.8) is 0 Å². The molecule has 2 atom stereocenters. The fourth-order valence-corrected chi connectivity index (χ4v) is 3.65. The predicted octanol–water partition coefficient (Wildman–Crippen LogP) is 3.51. The molecule has 1 aliphatic heterocycles. The van der Waals surface area contributed by atoms with Crippen molar-refractivity contribution in [3.05, 3.63) is 40.0 Å². The number of carbonyl (C=O) groups is 1. The van der Waals surface area contributed by atoms with E-state index in [-0.39, 0.29) is 11.9 Å². The van der Waals surface area contributed by atoms with Crippen LogP contribution in [0.3, 0.4) is 0 Å². The first-order valence-corrected chi connectivity index (χ1v) is 8.87. The maximum Gasteiger partial charge on any atom is 0.254 e. The van der Waals surface area contributed by atoms with Gasteiger partial charge >= 0.3 is 0 Å². The van der Waals surface area contributed by atoms with Crippen molar-refractivity contribution in [2.75, 3.05) is 13.1 Å². The number of pyridine rings is 1. The molecular formula is C18H22BrN3O. The molecular weight excluding hydrogens is 354 g/mol. The molecule has 1 aromatic heterocycles. The van der Waals surface area contributed by atoms with Crippen molar-refractivity contribution in [2.24, 2.45) is 11.7 Å². The molecule has 0 aliphatic carbocycles. The number of likely N-dealkylation sites (tertiary alicyclic amines) is 1. The standard InChI is InChI=1S/C18H22BrN3O/c1-11-8-16(15-6-5-14(19)9-17(15)21-11)18(23)22-7-3-4-13(10-22)12(2)20/h5-6,8-9,12-13H,3-4,7,10,20H2,1-2H3. The molecule has 2 unspecified atom stereocenters. The van der Waals surface area contributed by atoms with Gasteiger partial charge in [-0.2, -0.15) is 0 Å². The lowest BCUT2D eigenvalue weighted by Gasteiger charge is -2.35. The third-order valence-corrected chi connectivity index (χ3v) is 5.11. The molecule has 0 bridgehead atoms. The highest BCUT2D eigenvalue weighted by Gasteiger charge is 2.27. The van der Waals surface area contributed by atoms with E-state index in [9.17, 15) is 4.79 Å². The van der Waals surface area contributed by atoms with E-state index in [0.29, 0.717) is 5.92 Å². The Morgan fingerprint density at radius 2 is 2.22 bits per heavy atom. The smallest absolute Gasteiger partial charge is 0.254 e. The molecule has 1 aromatic carbocycles. The van der Waals surface area contributed by atoms with Crippen LogP contribution in [0.15, 0.2) is 28.7 Å². The highest BCUT2D eigenvalue weighted by atomic mass is 79.9. The zero-order chi connectivity index (χ0) is 16.6. The number of halogens is 1. The molecule has 122 valence electrons. The van der Waals surface area contributed by atoms with Crippen LogP contribution < -0.4 is 5.73 Å². The van der Waals surface area contributed by atoms with Gasteiger partial charge in [-0.25, -0.2) is 0 Å². The van der Waals surface area contributed by atoms with Gasteiger partial charge in [0.05, 0.1) is 11.1 Å². The van der Waals surface area contributed by atoms with Gasteiger partial charge in [-0.3, -0.25) is 9.78 Å². The number of aromatic nitrogens is 1. The maximum absolute atomic E-state index is 13.1. The third-order valence-electron chi connectivity index (χ3n) is 4.62. The van der Waals surface area contributed by atoms with Gasteiger partial charge in [0, 0.05) is 34.7 Å². The summed E-state index contributed by atoms with van der Waals surface area (Å²) >= 11 is 3.47. The van der Waals surface area contributed by atoms with Crippen LogP contribution in [0.2, 0.25) is 0 Å². The van der Waals surface area contributed by atoms with Gasteiger partial charge in [0.1, 0.15) is 0 Å². The van der Waals surface area contributed by atoms with E-state index < -0.39 is 0 Å². The summed E-state index contributed by atoms with van der Waals surface area (Å²) in [5.41, 5.74) is 8.50. The van der Waals surface area contributed by atoms with Crippen molar-refractivity contribution in [3.8, 4) is 0 Å². The molecule has 2 N–H and O–H groups in total. The number of rotatable bonds is 2. The molecule has 1 amide bonds. The molecule has 2 aromatic rings. The molecule has 0 spiro atoms. The Morgan fingerprint density at radius 3 is 2.96 bits per heavy atom. The van der Waals surface area contributed by atoms with E-state index in [2.05, 4.69) is 20.9 Å². The van der Waals surface area contributed by atoms with Crippen LogP contribution in [0.5, 0.6) is 0 Å². The number of hydrogen-bond acceptors (Lipinski definition) is 3. The van der Waals surface area contributed by atoms with Crippen molar-refractivity contribution in [1.29, 1.82) is 0 Å². The SMILES string of the molecule is Cc1cc(C(=O)N2CCCC(C(C)N)C2)c2ccc(Br)cc2n1. The van der Waals surface area contributed by atoms with Gasteiger partial charge in [0.2, 0.25) is 0 Å².